The summed E-state index contributed by atoms with van der Waals surface area (Å²) in [5, 5.41) is 9.05. The summed E-state index contributed by atoms with van der Waals surface area (Å²) in [5.74, 6) is -0.579. The third kappa shape index (κ3) is 3.17. The number of benzene rings is 1. The van der Waals surface area contributed by atoms with Gasteiger partial charge in [-0.3, -0.25) is 4.79 Å². The third-order valence-corrected chi connectivity index (χ3v) is 3.45. The molecule has 1 rings (SSSR count). The van der Waals surface area contributed by atoms with Gasteiger partial charge in [-0.25, -0.2) is 4.79 Å². The third-order valence-electron chi connectivity index (χ3n) is 2.31. The maximum absolute atomic E-state index is 11.5. The number of Topliss-reactive ketones (excluding diaryl/α,β-unsaturated/α-hetero) is 1. The van der Waals surface area contributed by atoms with Crippen molar-refractivity contribution in [2.45, 2.75) is 18.7 Å². The van der Waals surface area contributed by atoms with E-state index in [0.29, 0.717) is 11.1 Å². The van der Waals surface area contributed by atoms with Gasteiger partial charge in [-0.15, -0.1) is 0 Å². The molecule has 0 aliphatic heterocycles. The summed E-state index contributed by atoms with van der Waals surface area (Å²) in [5.41, 5.74) is 1.15. The molecule has 0 aromatic heterocycles. The molecule has 0 amide bonds. The Morgan fingerprint density at radius 2 is 2.17 bits per heavy atom. The van der Waals surface area contributed by atoms with Gasteiger partial charge in [-0.1, -0.05) is 22.0 Å². The molecule has 0 radical (unpaired) electrons. The number of hydrogen-bond donors (Lipinski definition) is 0. The predicted molar refractivity (Wildman–Crippen MR) is 69.5 cm³/mol. The molecule has 0 N–H and O–H groups in total. The van der Waals surface area contributed by atoms with Gasteiger partial charge < -0.3 is 4.74 Å². The molecule has 0 fully saturated rings. The van der Waals surface area contributed by atoms with Crippen LogP contribution in [0.25, 0.3) is 0 Å². The van der Waals surface area contributed by atoms with E-state index in [1.165, 1.54) is 13.0 Å². The lowest BCUT2D eigenvalue weighted by molar-refractivity contribution is -0.116. The van der Waals surface area contributed by atoms with E-state index in [2.05, 4.69) is 15.9 Å². The molecule has 0 saturated heterocycles. The molecular formula is C13H12BrNO3. The molecule has 0 saturated carbocycles. The molecule has 1 aromatic carbocycles. The molecule has 5 heteroatoms. The Morgan fingerprint density at radius 3 is 2.67 bits per heavy atom. The normalized spacial score (nSPS) is 11.4. The molecule has 1 atom stereocenters. The molecule has 0 aliphatic rings. The summed E-state index contributed by atoms with van der Waals surface area (Å²) in [6.45, 7) is 3.42. The smallest absolute Gasteiger partial charge is 0.338 e. The van der Waals surface area contributed by atoms with Crippen LogP contribution in [0, 0.1) is 11.3 Å². The number of nitriles is 1. The molecular weight excluding hydrogens is 298 g/mol. The minimum atomic E-state index is -0.539. The Hall–Kier alpha value is -1.67. The topological polar surface area (TPSA) is 67.2 Å². The first-order valence-corrected chi connectivity index (χ1v) is 6.28. The first kappa shape index (κ1) is 14.4. The predicted octanol–water partition coefficient (Wildman–Crippen LogP) is 2.76. The van der Waals surface area contributed by atoms with Crippen LogP contribution < -0.4 is 0 Å². The zero-order valence-electron chi connectivity index (χ0n) is 10.1. The zero-order valence-corrected chi connectivity index (χ0v) is 11.7. The number of ketones is 1. The highest BCUT2D eigenvalue weighted by Gasteiger charge is 2.18. The van der Waals surface area contributed by atoms with Crippen molar-refractivity contribution in [3.05, 3.63) is 34.9 Å². The summed E-state index contributed by atoms with van der Waals surface area (Å²) in [6, 6.07) is 6.55. The highest BCUT2D eigenvalue weighted by molar-refractivity contribution is 9.09. The van der Waals surface area contributed by atoms with Crippen LogP contribution in [0.5, 0.6) is 0 Å². The molecule has 1 aromatic rings. The first-order chi connectivity index (χ1) is 8.51. The van der Waals surface area contributed by atoms with E-state index < -0.39 is 10.8 Å². The molecule has 0 bridgehead atoms. The fraction of sp³-hybridized carbons (Fsp3) is 0.308. The van der Waals surface area contributed by atoms with Crippen molar-refractivity contribution >= 4 is 27.7 Å². The van der Waals surface area contributed by atoms with Gasteiger partial charge in [0.15, 0.2) is 0 Å². The maximum Gasteiger partial charge on any atom is 0.338 e. The van der Waals surface area contributed by atoms with E-state index in [0.717, 1.165) is 0 Å². The van der Waals surface area contributed by atoms with Crippen molar-refractivity contribution < 1.29 is 14.3 Å². The van der Waals surface area contributed by atoms with E-state index in [4.69, 9.17) is 10.00 Å². The Balaban J connectivity index is 3.16. The summed E-state index contributed by atoms with van der Waals surface area (Å²) >= 11 is 3.22. The van der Waals surface area contributed by atoms with Crippen LogP contribution in [-0.2, 0) is 9.53 Å². The second-order valence-corrected chi connectivity index (χ2v) is 4.52. The van der Waals surface area contributed by atoms with Gasteiger partial charge in [0.2, 0.25) is 0 Å². The van der Waals surface area contributed by atoms with E-state index in [1.807, 2.05) is 6.07 Å². The average Bonchev–Trinajstić information content (AvgIpc) is 2.37. The molecule has 1 unspecified atom stereocenters. The molecule has 0 aliphatic carbocycles. The minimum Gasteiger partial charge on any atom is -0.462 e. The van der Waals surface area contributed by atoms with Crippen molar-refractivity contribution in [2.75, 3.05) is 6.61 Å². The summed E-state index contributed by atoms with van der Waals surface area (Å²) in [7, 11) is 0. The van der Waals surface area contributed by atoms with Crippen LogP contribution in [-0.4, -0.2) is 18.4 Å². The quantitative estimate of drug-likeness (QED) is 0.633. The van der Waals surface area contributed by atoms with Crippen molar-refractivity contribution in [2.24, 2.45) is 0 Å². The lowest BCUT2D eigenvalue weighted by Gasteiger charge is -2.10. The van der Waals surface area contributed by atoms with Gasteiger partial charge >= 0.3 is 5.97 Å². The van der Waals surface area contributed by atoms with Gasteiger partial charge in [-0.05, 0) is 31.5 Å². The van der Waals surface area contributed by atoms with Crippen molar-refractivity contribution in [3.63, 3.8) is 0 Å². The van der Waals surface area contributed by atoms with E-state index in [1.54, 1.807) is 19.1 Å². The number of halogens is 1. The van der Waals surface area contributed by atoms with Crippen LogP contribution in [0.2, 0.25) is 0 Å². The van der Waals surface area contributed by atoms with E-state index in [9.17, 15) is 9.59 Å². The molecule has 0 heterocycles. The van der Waals surface area contributed by atoms with Crippen LogP contribution >= 0.6 is 15.9 Å². The van der Waals surface area contributed by atoms with Crippen molar-refractivity contribution in [1.82, 2.24) is 0 Å². The van der Waals surface area contributed by atoms with Crippen molar-refractivity contribution in [3.8, 4) is 6.07 Å². The number of hydrogen-bond acceptors (Lipinski definition) is 4. The number of nitrogens with zero attached hydrogens (tertiary/aromatic N) is 1. The minimum absolute atomic E-state index is 0.101. The molecule has 4 nitrogen and oxygen atoms in total. The van der Waals surface area contributed by atoms with Crippen molar-refractivity contribution in [1.29, 1.82) is 5.26 Å². The number of alkyl halides is 1. The van der Waals surface area contributed by atoms with E-state index >= 15 is 0 Å². The Bertz CT molecular complexity index is 519. The monoisotopic (exact) mass is 309 g/mol. The average molecular weight is 310 g/mol. The van der Waals surface area contributed by atoms with Gasteiger partial charge in [0, 0.05) is 0 Å². The highest BCUT2D eigenvalue weighted by Crippen LogP contribution is 2.27. The lowest BCUT2D eigenvalue weighted by atomic mass is 10.0. The Morgan fingerprint density at radius 1 is 1.50 bits per heavy atom. The summed E-state index contributed by atoms with van der Waals surface area (Å²) < 4.78 is 4.85. The fourth-order valence-corrected chi connectivity index (χ4v) is 1.83. The standard InChI is InChI=1S/C13H12BrNO3/c1-3-18-13(17)9-4-5-11(10(6-9)7-15)12(14)8(2)16/h4-6,12H,3H2,1-2H3. The molecule has 0 spiro atoms. The van der Waals surface area contributed by atoms with Crippen LogP contribution in [0.1, 0.15) is 40.2 Å². The van der Waals surface area contributed by atoms with Gasteiger partial charge in [0.05, 0.1) is 28.6 Å². The second-order valence-electron chi connectivity index (χ2n) is 3.61. The highest BCUT2D eigenvalue weighted by atomic mass is 79.9. The van der Waals surface area contributed by atoms with E-state index in [-0.39, 0.29) is 18.0 Å². The summed E-state index contributed by atoms with van der Waals surface area (Å²) in [4.78, 5) is 22.3. The first-order valence-electron chi connectivity index (χ1n) is 5.37. The number of esters is 1. The van der Waals surface area contributed by atoms with Crippen LogP contribution in [0.4, 0.5) is 0 Å². The largest absolute Gasteiger partial charge is 0.462 e. The number of ether oxygens (including phenoxy) is 1. The van der Waals surface area contributed by atoms with Gasteiger partial charge in [0.1, 0.15) is 5.78 Å². The lowest BCUT2D eigenvalue weighted by Crippen LogP contribution is -2.08. The Kier molecular flexibility index (Phi) is 5.05. The SMILES string of the molecule is CCOC(=O)c1ccc(C(Br)C(C)=O)c(C#N)c1. The summed E-state index contributed by atoms with van der Waals surface area (Å²) in [6.07, 6.45) is 0. The molecule has 18 heavy (non-hydrogen) atoms. The number of carbonyl (C=O) groups excluding carboxylic acids is 2. The maximum atomic E-state index is 11.5. The van der Waals surface area contributed by atoms with Crippen LogP contribution in [0.15, 0.2) is 18.2 Å². The van der Waals surface area contributed by atoms with Gasteiger partial charge in [0.25, 0.3) is 0 Å². The Labute approximate surface area is 114 Å². The molecule has 94 valence electrons. The number of rotatable bonds is 4. The fourth-order valence-electron chi connectivity index (χ4n) is 1.43. The van der Waals surface area contributed by atoms with Gasteiger partial charge in [-0.2, -0.15) is 5.26 Å². The second kappa shape index (κ2) is 6.31. The van der Waals surface area contributed by atoms with Crippen LogP contribution in [0.3, 0.4) is 0 Å². The number of carbonyl (C=O) groups is 2. The zero-order chi connectivity index (χ0) is 13.7.